The summed E-state index contributed by atoms with van der Waals surface area (Å²) >= 11 is 0. The van der Waals surface area contributed by atoms with Gasteiger partial charge in [-0.2, -0.15) is 0 Å². The van der Waals surface area contributed by atoms with Crippen molar-refractivity contribution in [3.8, 4) is 0 Å². The number of fused-ring (bicyclic) bond motifs is 2. The molecular formula is C19H18FN. The Labute approximate surface area is 124 Å². The van der Waals surface area contributed by atoms with Gasteiger partial charge in [-0.05, 0) is 30.1 Å². The first-order valence-electron chi connectivity index (χ1n) is 7.44. The van der Waals surface area contributed by atoms with Crippen LogP contribution < -0.4 is 0 Å². The van der Waals surface area contributed by atoms with Gasteiger partial charge in [-0.3, -0.25) is 4.99 Å². The minimum atomic E-state index is -0.240. The second kappa shape index (κ2) is 4.03. The summed E-state index contributed by atoms with van der Waals surface area (Å²) in [7, 11) is 0. The van der Waals surface area contributed by atoms with E-state index in [2.05, 4.69) is 43.1 Å². The molecule has 0 radical (unpaired) electrons. The third-order valence-corrected chi connectivity index (χ3v) is 5.19. The molecule has 4 rings (SSSR count). The van der Waals surface area contributed by atoms with Gasteiger partial charge in [0, 0.05) is 28.7 Å². The molecule has 3 aliphatic rings. The van der Waals surface area contributed by atoms with Gasteiger partial charge in [0.1, 0.15) is 5.82 Å². The van der Waals surface area contributed by atoms with Crippen LogP contribution in [0.4, 0.5) is 4.39 Å². The van der Waals surface area contributed by atoms with Crippen molar-refractivity contribution in [2.24, 2.45) is 16.8 Å². The summed E-state index contributed by atoms with van der Waals surface area (Å²) in [4.78, 5) is 4.61. The lowest BCUT2D eigenvalue weighted by Crippen LogP contribution is -2.46. The van der Waals surface area contributed by atoms with Crippen molar-refractivity contribution in [2.45, 2.75) is 26.2 Å². The van der Waals surface area contributed by atoms with Crippen molar-refractivity contribution < 1.29 is 4.39 Å². The quantitative estimate of drug-likeness (QED) is 0.664. The van der Waals surface area contributed by atoms with Crippen molar-refractivity contribution in [3.63, 3.8) is 0 Å². The zero-order valence-corrected chi connectivity index (χ0v) is 12.5. The van der Waals surface area contributed by atoms with Gasteiger partial charge in [-0.1, -0.05) is 44.2 Å². The Morgan fingerprint density at radius 2 is 2.05 bits per heavy atom. The van der Waals surface area contributed by atoms with Gasteiger partial charge in [0.05, 0.1) is 5.71 Å². The fourth-order valence-electron chi connectivity index (χ4n) is 4.06. The predicted molar refractivity (Wildman–Crippen MR) is 84.0 cm³/mol. The van der Waals surface area contributed by atoms with Crippen LogP contribution in [0, 0.1) is 24.6 Å². The Morgan fingerprint density at radius 1 is 1.24 bits per heavy atom. The number of hydrogen-bond donors (Lipinski definition) is 0. The topological polar surface area (TPSA) is 12.4 Å². The van der Waals surface area contributed by atoms with E-state index in [0.717, 1.165) is 16.8 Å². The third kappa shape index (κ3) is 1.53. The summed E-state index contributed by atoms with van der Waals surface area (Å²) in [6, 6.07) is 3.91. The minimum absolute atomic E-state index is 0.0716. The van der Waals surface area contributed by atoms with Crippen molar-refractivity contribution >= 4 is 5.71 Å². The molecule has 0 fully saturated rings. The van der Waals surface area contributed by atoms with Crippen LogP contribution in [0.25, 0.3) is 0 Å². The van der Waals surface area contributed by atoms with E-state index in [1.54, 1.807) is 0 Å². The monoisotopic (exact) mass is 279 g/mol. The molecule has 2 aliphatic carbocycles. The average Bonchev–Trinajstić information content (AvgIpc) is 2.47. The molecule has 0 N–H and O–H groups in total. The van der Waals surface area contributed by atoms with Gasteiger partial charge >= 0.3 is 0 Å². The normalized spacial score (nSPS) is 27.6. The SMILES string of the molecule is Cc1ccc2c(c1F)C(C)(C)C1C=CC=C3C=CN=C2C31. The molecule has 2 heteroatoms. The first kappa shape index (κ1) is 12.8. The molecule has 1 aromatic rings. The highest BCUT2D eigenvalue weighted by Gasteiger charge is 2.48. The van der Waals surface area contributed by atoms with Gasteiger partial charge in [0.25, 0.3) is 0 Å². The second-order valence-electron chi connectivity index (χ2n) is 6.73. The maximum absolute atomic E-state index is 14.9. The Kier molecular flexibility index (Phi) is 2.45. The maximum Gasteiger partial charge on any atom is 0.130 e. The highest BCUT2D eigenvalue weighted by atomic mass is 19.1. The van der Waals surface area contributed by atoms with E-state index in [1.807, 2.05) is 25.3 Å². The number of benzene rings is 1. The first-order valence-corrected chi connectivity index (χ1v) is 7.44. The van der Waals surface area contributed by atoms with Gasteiger partial charge < -0.3 is 0 Å². The van der Waals surface area contributed by atoms with Crippen molar-refractivity contribution in [3.05, 3.63) is 70.7 Å². The largest absolute Gasteiger partial charge is 0.260 e. The van der Waals surface area contributed by atoms with Crippen LogP contribution in [0.1, 0.15) is 30.5 Å². The molecule has 0 aromatic heterocycles. The molecule has 0 amide bonds. The van der Waals surface area contributed by atoms with E-state index in [0.29, 0.717) is 5.56 Å². The summed E-state index contributed by atoms with van der Waals surface area (Å²) in [6.07, 6.45) is 10.4. The van der Waals surface area contributed by atoms with Crippen LogP contribution in [0.15, 0.2) is 53.2 Å². The van der Waals surface area contributed by atoms with Crippen molar-refractivity contribution in [1.82, 2.24) is 0 Å². The van der Waals surface area contributed by atoms with Gasteiger partial charge in [-0.25, -0.2) is 4.39 Å². The molecule has 0 spiro atoms. The number of nitrogens with zero attached hydrogens (tertiary/aromatic N) is 1. The predicted octanol–water partition coefficient (Wildman–Crippen LogP) is 4.47. The molecule has 2 atom stereocenters. The van der Waals surface area contributed by atoms with Gasteiger partial charge in [0.2, 0.25) is 0 Å². The molecule has 0 saturated carbocycles. The minimum Gasteiger partial charge on any atom is -0.260 e. The fourth-order valence-corrected chi connectivity index (χ4v) is 4.06. The van der Waals surface area contributed by atoms with E-state index in [1.165, 1.54) is 5.57 Å². The standard InChI is InChI=1S/C19H18FN/c1-11-7-8-13-16(17(11)20)19(2,3)14-6-4-5-12-9-10-21-18(13)15(12)14/h4-10,14-15H,1-3H3. The number of rotatable bonds is 0. The molecule has 1 nitrogen and oxygen atoms in total. The van der Waals surface area contributed by atoms with Crippen LogP contribution in [-0.4, -0.2) is 5.71 Å². The molecule has 0 bridgehead atoms. The van der Waals surface area contributed by atoms with Crippen molar-refractivity contribution in [1.29, 1.82) is 0 Å². The number of hydrogen-bond acceptors (Lipinski definition) is 1. The van der Waals surface area contributed by atoms with E-state index >= 15 is 0 Å². The van der Waals surface area contributed by atoms with Gasteiger partial charge in [0.15, 0.2) is 0 Å². The Hall–Kier alpha value is -1.96. The molecular weight excluding hydrogens is 261 g/mol. The number of aryl methyl sites for hydroxylation is 1. The molecule has 2 unspecified atom stereocenters. The third-order valence-electron chi connectivity index (χ3n) is 5.19. The molecule has 1 heterocycles. The van der Waals surface area contributed by atoms with Crippen LogP contribution in [0.3, 0.4) is 0 Å². The summed E-state index contributed by atoms with van der Waals surface area (Å²) in [5, 5.41) is 0. The highest BCUT2D eigenvalue weighted by Crippen LogP contribution is 2.50. The summed E-state index contributed by atoms with van der Waals surface area (Å²) in [5.41, 5.74) is 4.58. The number of halogens is 1. The number of allylic oxidation sites excluding steroid dienone is 5. The lowest BCUT2D eigenvalue weighted by Gasteiger charge is -2.47. The van der Waals surface area contributed by atoms with Gasteiger partial charge in [-0.15, -0.1) is 0 Å². The molecule has 0 saturated heterocycles. The Balaban J connectivity index is 2.08. The Morgan fingerprint density at radius 3 is 2.86 bits per heavy atom. The zero-order valence-electron chi connectivity index (χ0n) is 12.5. The molecule has 1 aliphatic heterocycles. The first-order chi connectivity index (χ1) is 10.0. The lowest BCUT2D eigenvalue weighted by atomic mass is 9.57. The molecule has 106 valence electrons. The lowest BCUT2D eigenvalue weighted by molar-refractivity contribution is 0.318. The average molecular weight is 279 g/mol. The van der Waals surface area contributed by atoms with Crippen LogP contribution in [0.2, 0.25) is 0 Å². The number of aliphatic imine (C=N–C) groups is 1. The summed E-state index contributed by atoms with van der Waals surface area (Å²) in [5.74, 6) is 0.437. The van der Waals surface area contributed by atoms with Crippen LogP contribution in [0.5, 0.6) is 0 Å². The Bertz CT molecular complexity index is 762. The smallest absolute Gasteiger partial charge is 0.130 e. The van der Waals surface area contributed by atoms with Crippen LogP contribution in [-0.2, 0) is 5.41 Å². The van der Waals surface area contributed by atoms with Crippen LogP contribution >= 0.6 is 0 Å². The second-order valence-corrected chi connectivity index (χ2v) is 6.73. The zero-order chi connectivity index (χ0) is 14.8. The summed E-state index contributed by atoms with van der Waals surface area (Å²) in [6.45, 7) is 6.14. The maximum atomic E-state index is 14.9. The highest BCUT2D eigenvalue weighted by molar-refractivity contribution is 6.08. The fraction of sp³-hybridized carbons (Fsp3) is 0.316. The van der Waals surface area contributed by atoms with E-state index in [9.17, 15) is 4.39 Å². The molecule has 21 heavy (non-hydrogen) atoms. The van der Waals surface area contributed by atoms with E-state index in [4.69, 9.17) is 0 Å². The van der Waals surface area contributed by atoms with E-state index < -0.39 is 0 Å². The van der Waals surface area contributed by atoms with Crippen molar-refractivity contribution in [2.75, 3.05) is 0 Å². The molecule has 1 aromatic carbocycles. The summed E-state index contributed by atoms with van der Waals surface area (Å²) < 4.78 is 14.9. The van der Waals surface area contributed by atoms with E-state index in [-0.39, 0.29) is 23.1 Å².